The number of pyridine rings is 1. The predicted octanol–water partition coefficient (Wildman–Crippen LogP) is 6.38. The lowest BCUT2D eigenvalue weighted by atomic mass is 9.91. The standard InChI is InChI=1S/C39H45N3O6S/c1-27-35(26-49-37-12-5-7-22-42(37)46)47-39(48-38(27)32-15-13-29(25-43)14-16-32)33-19-17-31(18-20-33)34-10-8-9-30(23-34)24-41-36(45)11-4-3-6-21-40-28(2)44/h5,7-10,12-20,22-23,27,35,38-39,43H,3-4,6,11,21,24-26H2,1-2H3,(H,40,44)(H,41,45)/t27-,35+,38+,39+/m1/s1. The molecule has 5 rings (SSSR count). The Morgan fingerprint density at radius 2 is 1.63 bits per heavy atom. The zero-order chi connectivity index (χ0) is 34.6. The number of rotatable bonds is 15. The predicted molar refractivity (Wildman–Crippen MR) is 190 cm³/mol. The maximum atomic E-state index is 12.4. The third kappa shape index (κ3) is 10.4. The number of aromatic nitrogens is 1. The van der Waals surface area contributed by atoms with Gasteiger partial charge in [-0.25, -0.2) is 0 Å². The van der Waals surface area contributed by atoms with Gasteiger partial charge in [-0.05, 0) is 52.8 Å². The molecule has 4 atom stereocenters. The highest BCUT2D eigenvalue weighted by Crippen LogP contribution is 2.43. The second kappa shape index (κ2) is 18.0. The number of ether oxygens (including phenoxy) is 2. The summed E-state index contributed by atoms with van der Waals surface area (Å²) in [4.78, 5) is 23.3. The lowest BCUT2D eigenvalue weighted by molar-refractivity contribution is -0.645. The van der Waals surface area contributed by atoms with E-state index in [4.69, 9.17) is 9.47 Å². The van der Waals surface area contributed by atoms with Crippen molar-refractivity contribution in [3.63, 3.8) is 0 Å². The first-order valence-corrected chi connectivity index (χ1v) is 17.8. The number of amides is 2. The van der Waals surface area contributed by atoms with E-state index in [2.05, 4.69) is 41.8 Å². The minimum absolute atomic E-state index is 0.00471. The van der Waals surface area contributed by atoms with Crippen molar-refractivity contribution in [2.45, 2.75) is 76.2 Å². The highest BCUT2D eigenvalue weighted by molar-refractivity contribution is 7.99. The smallest absolute Gasteiger partial charge is 0.251 e. The van der Waals surface area contributed by atoms with E-state index < -0.39 is 6.29 Å². The fourth-order valence-electron chi connectivity index (χ4n) is 5.84. The Labute approximate surface area is 292 Å². The molecule has 3 aromatic carbocycles. The Hall–Kier alpha value is -4.22. The number of nitrogens with one attached hydrogen (secondary N) is 2. The summed E-state index contributed by atoms with van der Waals surface area (Å²) in [6.07, 6.45) is 3.45. The summed E-state index contributed by atoms with van der Waals surface area (Å²) in [5.41, 5.74) is 5.83. The number of carbonyl (C=O) groups is 2. The van der Waals surface area contributed by atoms with Crippen LogP contribution in [-0.4, -0.2) is 35.3 Å². The Morgan fingerprint density at radius 3 is 2.37 bits per heavy atom. The molecular formula is C39H45N3O6S. The summed E-state index contributed by atoms with van der Waals surface area (Å²) in [6, 6.07) is 29.5. The van der Waals surface area contributed by atoms with E-state index in [1.165, 1.54) is 24.9 Å². The van der Waals surface area contributed by atoms with Gasteiger partial charge in [0, 0.05) is 55.8 Å². The Morgan fingerprint density at radius 1 is 0.857 bits per heavy atom. The van der Waals surface area contributed by atoms with Gasteiger partial charge in [0.25, 0.3) is 5.03 Å². The van der Waals surface area contributed by atoms with Crippen LogP contribution in [-0.2, 0) is 32.2 Å². The van der Waals surface area contributed by atoms with Crippen LogP contribution in [0.5, 0.6) is 0 Å². The van der Waals surface area contributed by atoms with Crippen molar-refractivity contribution >= 4 is 23.6 Å². The Balaban J connectivity index is 1.23. The third-order valence-electron chi connectivity index (χ3n) is 8.69. The van der Waals surface area contributed by atoms with Gasteiger partial charge >= 0.3 is 0 Å². The number of hydrogen-bond acceptors (Lipinski definition) is 7. The monoisotopic (exact) mass is 683 g/mol. The second-order valence-corrected chi connectivity index (χ2v) is 13.4. The number of aliphatic hydroxyl groups excluding tert-OH is 1. The number of benzene rings is 3. The van der Waals surface area contributed by atoms with Crippen LogP contribution >= 0.6 is 11.8 Å². The molecule has 1 aliphatic rings. The number of aliphatic hydroxyl groups is 1. The lowest BCUT2D eigenvalue weighted by Crippen LogP contribution is -2.39. The average Bonchev–Trinajstić information content (AvgIpc) is 3.12. The van der Waals surface area contributed by atoms with Gasteiger partial charge in [0.05, 0.1) is 18.8 Å². The number of hydrogen-bond donors (Lipinski definition) is 3. The molecule has 9 nitrogen and oxygen atoms in total. The van der Waals surface area contributed by atoms with Crippen molar-refractivity contribution in [3.8, 4) is 11.1 Å². The van der Waals surface area contributed by atoms with E-state index in [1.807, 2.05) is 60.7 Å². The maximum Gasteiger partial charge on any atom is 0.251 e. The van der Waals surface area contributed by atoms with Crippen LogP contribution in [0.1, 0.15) is 74.2 Å². The summed E-state index contributed by atoms with van der Waals surface area (Å²) in [5.74, 6) is 0.576. The van der Waals surface area contributed by atoms with Crippen LogP contribution in [0.25, 0.3) is 11.1 Å². The molecule has 10 heteroatoms. The highest BCUT2D eigenvalue weighted by Gasteiger charge is 2.38. The molecule has 49 heavy (non-hydrogen) atoms. The number of thioether (sulfide) groups is 1. The van der Waals surface area contributed by atoms with Crippen molar-refractivity contribution < 1.29 is 28.9 Å². The fourth-order valence-corrected chi connectivity index (χ4v) is 6.92. The molecule has 4 aromatic rings. The molecule has 0 aliphatic carbocycles. The number of nitrogens with zero attached hydrogens (tertiary/aromatic N) is 1. The molecule has 1 fully saturated rings. The van der Waals surface area contributed by atoms with Crippen LogP contribution in [0.3, 0.4) is 0 Å². The van der Waals surface area contributed by atoms with Crippen molar-refractivity contribution in [2.75, 3.05) is 12.3 Å². The van der Waals surface area contributed by atoms with Gasteiger partial charge in [-0.3, -0.25) is 9.59 Å². The summed E-state index contributed by atoms with van der Waals surface area (Å²) < 4.78 is 14.0. The zero-order valence-electron chi connectivity index (χ0n) is 28.0. The molecule has 3 N–H and O–H groups in total. The molecule has 2 amide bonds. The van der Waals surface area contributed by atoms with E-state index in [-0.39, 0.29) is 36.5 Å². The normalized spacial score (nSPS) is 18.9. The molecule has 0 bridgehead atoms. The topological polar surface area (TPSA) is 124 Å². The van der Waals surface area contributed by atoms with Crippen LogP contribution in [0.2, 0.25) is 0 Å². The molecule has 2 heterocycles. The van der Waals surface area contributed by atoms with E-state index in [0.29, 0.717) is 30.3 Å². The molecule has 0 unspecified atom stereocenters. The van der Waals surface area contributed by atoms with E-state index in [9.17, 15) is 19.9 Å². The number of unbranched alkanes of at least 4 members (excludes halogenated alkanes) is 2. The summed E-state index contributed by atoms with van der Waals surface area (Å²) in [6.45, 7) is 4.69. The van der Waals surface area contributed by atoms with E-state index >= 15 is 0 Å². The van der Waals surface area contributed by atoms with Crippen molar-refractivity contribution in [1.82, 2.24) is 10.6 Å². The van der Waals surface area contributed by atoms with Gasteiger partial charge < -0.3 is 30.4 Å². The van der Waals surface area contributed by atoms with Gasteiger partial charge in [0.15, 0.2) is 12.5 Å². The average molecular weight is 684 g/mol. The Kier molecular flexibility index (Phi) is 13.2. The summed E-state index contributed by atoms with van der Waals surface area (Å²) in [7, 11) is 0. The van der Waals surface area contributed by atoms with E-state index in [0.717, 1.165) is 57.4 Å². The van der Waals surface area contributed by atoms with Crippen LogP contribution in [0.15, 0.2) is 102 Å². The fraction of sp³-hybridized carbons (Fsp3) is 0.359. The van der Waals surface area contributed by atoms with Gasteiger partial charge in [-0.1, -0.05) is 91.8 Å². The first-order valence-electron chi connectivity index (χ1n) is 16.8. The summed E-state index contributed by atoms with van der Waals surface area (Å²) in [5, 5.41) is 28.3. The van der Waals surface area contributed by atoms with Gasteiger partial charge in [-0.2, -0.15) is 4.73 Å². The van der Waals surface area contributed by atoms with Crippen molar-refractivity contribution in [2.24, 2.45) is 5.92 Å². The van der Waals surface area contributed by atoms with Crippen LogP contribution < -0.4 is 15.4 Å². The lowest BCUT2D eigenvalue weighted by Gasteiger charge is -2.41. The highest BCUT2D eigenvalue weighted by atomic mass is 32.2. The van der Waals surface area contributed by atoms with Crippen molar-refractivity contribution in [3.05, 3.63) is 125 Å². The molecule has 1 aromatic heterocycles. The minimum atomic E-state index is -0.611. The third-order valence-corrected chi connectivity index (χ3v) is 9.80. The molecule has 0 radical (unpaired) electrons. The zero-order valence-corrected chi connectivity index (χ0v) is 28.9. The van der Waals surface area contributed by atoms with Crippen LogP contribution in [0.4, 0.5) is 0 Å². The maximum absolute atomic E-state index is 12.4. The first kappa shape index (κ1) is 36.1. The SMILES string of the molecule is CC(=O)NCCCCCC(=O)NCc1cccc(-c2ccc([C@H]3O[C@@H](CSc4cccc[n+]4[O-])[C@@H](C)[C@@H](c4ccc(CO)cc4)O3)cc2)c1. The molecule has 0 saturated carbocycles. The van der Waals surface area contributed by atoms with E-state index in [1.54, 1.807) is 6.07 Å². The number of carbonyl (C=O) groups excluding carboxylic acids is 2. The van der Waals surface area contributed by atoms with Gasteiger partial charge in [0.2, 0.25) is 11.8 Å². The first-order chi connectivity index (χ1) is 23.8. The largest absolute Gasteiger partial charge is 0.618 e. The van der Waals surface area contributed by atoms with Gasteiger partial charge in [-0.15, -0.1) is 0 Å². The minimum Gasteiger partial charge on any atom is -0.618 e. The summed E-state index contributed by atoms with van der Waals surface area (Å²) >= 11 is 1.47. The Bertz CT molecular complexity index is 1670. The quantitative estimate of drug-likeness (QED) is 0.0576. The molecule has 0 spiro atoms. The molecular weight excluding hydrogens is 639 g/mol. The molecule has 1 saturated heterocycles. The molecule has 258 valence electrons. The van der Waals surface area contributed by atoms with Crippen LogP contribution in [0, 0.1) is 11.1 Å². The molecule has 1 aliphatic heterocycles. The second-order valence-electron chi connectivity index (χ2n) is 12.4. The van der Waals surface area contributed by atoms with Gasteiger partial charge in [0.1, 0.15) is 0 Å². The van der Waals surface area contributed by atoms with Crippen molar-refractivity contribution in [1.29, 1.82) is 0 Å².